The van der Waals surface area contributed by atoms with Gasteiger partial charge >= 0.3 is 0 Å². The van der Waals surface area contributed by atoms with Crippen molar-refractivity contribution in [1.82, 2.24) is 15.1 Å². The molecule has 3 heterocycles. The monoisotopic (exact) mass is 263 g/mol. The topological polar surface area (TPSA) is 64.5 Å². The lowest BCUT2D eigenvalue weighted by Gasteiger charge is -2.24. The van der Waals surface area contributed by atoms with Gasteiger partial charge in [-0.1, -0.05) is 0 Å². The van der Waals surface area contributed by atoms with Gasteiger partial charge in [0.25, 0.3) is 5.89 Å². The number of ether oxygens (including phenoxy) is 1. The molecule has 1 aliphatic heterocycles. The summed E-state index contributed by atoms with van der Waals surface area (Å²) in [6, 6.07) is 1.92. The van der Waals surface area contributed by atoms with Gasteiger partial charge in [-0.25, -0.2) is 0 Å². The maximum atomic E-state index is 5.70. The van der Waals surface area contributed by atoms with Crippen LogP contribution in [0.2, 0.25) is 0 Å². The number of hydrogen-bond acceptors (Lipinski definition) is 6. The summed E-state index contributed by atoms with van der Waals surface area (Å²) in [7, 11) is 0. The van der Waals surface area contributed by atoms with Crippen LogP contribution in [0.3, 0.4) is 0 Å². The summed E-state index contributed by atoms with van der Waals surface area (Å²) in [6.45, 7) is 7.81. The average Bonchev–Trinajstić information content (AvgIpc) is 2.97. The van der Waals surface area contributed by atoms with Gasteiger partial charge in [0.15, 0.2) is 0 Å². The molecule has 2 aromatic rings. The molecule has 1 saturated heterocycles. The third-order valence-electron chi connectivity index (χ3n) is 3.20. The highest BCUT2D eigenvalue weighted by molar-refractivity contribution is 5.55. The van der Waals surface area contributed by atoms with Crippen molar-refractivity contribution in [2.24, 2.45) is 0 Å². The lowest BCUT2D eigenvalue weighted by Crippen LogP contribution is -2.35. The van der Waals surface area contributed by atoms with Gasteiger partial charge in [0.05, 0.1) is 25.3 Å². The predicted molar refractivity (Wildman–Crippen MR) is 67.6 cm³/mol. The van der Waals surface area contributed by atoms with Crippen LogP contribution in [0.4, 0.5) is 0 Å². The van der Waals surface area contributed by atoms with Crippen LogP contribution in [0.5, 0.6) is 0 Å². The molecule has 0 aromatic carbocycles. The Bertz CT molecular complexity index is 555. The van der Waals surface area contributed by atoms with Gasteiger partial charge in [-0.3, -0.25) is 4.90 Å². The first-order chi connectivity index (χ1) is 9.22. The minimum Gasteiger partial charge on any atom is -0.466 e. The van der Waals surface area contributed by atoms with Crippen molar-refractivity contribution in [3.05, 3.63) is 23.5 Å². The molecule has 19 heavy (non-hydrogen) atoms. The Morgan fingerprint density at radius 2 is 1.95 bits per heavy atom. The number of aromatic nitrogens is 2. The molecular weight excluding hydrogens is 246 g/mol. The van der Waals surface area contributed by atoms with E-state index in [1.54, 1.807) is 0 Å². The van der Waals surface area contributed by atoms with Gasteiger partial charge in [0.2, 0.25) is 5.89 Å². The zero-order chi connectivity index (χ0) is 13.2. The summed E-state index contributed by atoms with van der Waals surface area (Å²) < 4.78 is 16.5. The molecule has 0 N–H and O–H groups in total. The van der Waals surface area contributed by atoms with E-state index in [0.717, 1.165) is 43.4 Å². The number of furan rings is 1. The van der Waals surface area contributed by atoms with Gasteiger partial charge < -0.3 is 13.6 Å². The smallest absolute Gasteiger partial charge is 0.251 e. The molecule has 0 aliphatic carbocycles. The molecule has 6 heteroatoms. The van der Waals surface area contributed by atoms with Gasteiger partial charge in [-0.15, -0.1) is 10.2 Å². The van der Waals surface area contributed by atoms with Crippen LogP contribution in [0.1, 0.15) is 17.4 Å². The van der Waals surface area contributed by atoms with Gasteiger partial charge in [-0.2, -0.15) is 0 Å². The van der Waals surface area contributed by atoms with E-state index in [1.807, 2.05) is 19.9 Å². The fourth-order valence-electron chi connectivity index (χ4n) is 2.22. The molecule has 2 aromatic heterocycles. The van der Waals surface area contributed by atoms with Crippen molar-refractivity contribution < 1.29 is 13.6 Å². The van der Waals surface area contributed by atoms with Crippen molar-refractivity contribution in [2.75, 3.05) is 26.3 Å². The quantitative estimate of drug-likeness (QED) is 0.841. The van der Waals surface area contributed by atoms with Crippen LogP contribution in [0.25, 0.3) is 11.5 Å². The molecule has 0 saturated carbocycles. The van der Waals surface area contributed by atoms with Crippen LogP contribution >= 0.6 is 0 Å². The van der Waals surface area contributed by atoms with E-state index in [1.165, 1.54) is 0 Å². The van der Waals surface area contributed by atoms with E-state index in [-0.39, 0.29) is 0 Å². The summed E-state index contributed by atoms with van der Waals surface area (Å²) in [4.78, 5) is 2.24. The van der Waals surface area contributed by atoms with E-state index in [2.05, 4.69) is 15.1 Å². The first-order valence-corrected chi connectivity index (χ1v) is 6.42. The highest BCUT2D eigenvalue weighted by Gasteiger charge is 2.17. The summed E-state index contributed by atoms with van der Waals surface area (Å²) in [5.74, 6) is 2.81. The van der Waals surface area contributed by atoms with Crippen molar-refractivity contribution in [3.63, 3.8) is 0 Å². The maximum absolute atomic E-state index is 5.70. The zero-order valence-electron chi connectivity index (χ0n) is 11.2. The lowest BCUT2D eigenvalue weighted by atomic mass is 10.2. The average molecular weight is 263 g/mol. The number of hydrogen-bond donors (Lipinski definition) is 0. The molecule has 0 unspecified atom stereocenters. The maximum Gasteiger partial charge on any atom is 0.251 e. The summed E-state index contributed by atoms with van der Waals surface area (Å²) in [6.07, 6.45) is 0. The number of rotatable bonds is 3. The van der Waals surface area contributed by atoms with Gasteiger partial charge in [0.1, 0.15) is 11.5 Å². The fourth-order valence-corrected chi connectivity index (χ4v) is 2.22. The number of nitrogens with zero attached hydrogens (tertiary/aromatic N) is 3. The molecule has 0 atom stereocenters. The van der Waals surface area contributed by atoms with Crippen LogP contribution in [0, 0.1) is 13.8 Å². The Morgan fingerprint density at radius 3 is 2.63 bits per heavy atom. The van der Waals surface area contributed by atoms with Gasteiger partial charge in [-0.05, 0) is 19.9 Å². The van der Waals surface area contributed by atoms with Crippen LogP contribution in [0.15, 0.2) is 14.9 Å². The Balaban J connectivity index is 1.74. The Hall–Kier alpha value is -1.66. The molecule has 1 fully saturated rings. The van der Waals surface area contributed by atoms with Crippen molar-refractivity contribution in [3.8, 4) is 11.5 Å². The molecule has 102 valence electrons. The molecule has 6 nitrogen and oxygen atoms in total. The lowest BCUT2D eigenvalue weighted by molar-refractivity contribution is 0.0306. The van der Waals surface area contributed by atoms with Crippen LogP contribution < -0.4 is 0 Å². The van der Waals surface area contributed by atoms with E-state index >= 15 is 0 Å². The zero-order valence-corrected chi connectivity index (χ0v) is 11.2. The molecule has 0 amide bonds. The van der Waals surface area contributed by atoms with Crippen LogP contribution in [-0.4, -0.2) is 41.4 Å². The molecule has 3 rings (SSSR count). The largest absolute Gasteiger partial charge is 0.466 e. The Kier molecular flexibility index (Phi) is 3.35. The second-order valence-electron chi connectivity index (χ2n) is 4.72. The predicted octanol–water partition coefficient (Wildman–Crippen LogP) is 1.78. The normalized spacial score (nSPS) is 16.9. The number of aryl methyl sites for hydroxylation is 2. The van der Waals surface area contributed by atoms with Crippen molar-refractivity contribution >= 4 is 0 Å². The highest BCUT2D eigenvalue weighted by atomic mass is 16.5. The summed E-state index contributed by atoms with van der Waals surface area (Å²) >= 11 is 0. The Morgan fingerprint density at radius 1 is 1.16 bits per heavy atom. The first-order valence-electron chi connectivity index (χ1n) is 6.42. The molecule has 0 radical (unpaired) electrons. The second kappa shape index (κ2) is 5.14. The third-order valence-corrected chi connectivity index (χ3v) is 3.20. The standard InChI is InChI=1S/C13H17N3O3/c1-9-7-11(10(2)18-9)13-15-14-12(19-13)8-16-3-5-17-6-4-16/h7H,3-6,8H2,1-2H3. The van der Waals surface area contributed by atoms with Crippen LogP contribution in [-0.2, 0) is 11.3 Å². The van der Waals surface area contributed by atoms with Crippen molar-refractivity contribution in [2.45, 2.75) is 20.4 Å². The first kappa shape index (κ1) is 12.4. The minimum atomic E-state index is 0.526. The van der Waals surface area contributed by atoms with E-state index in [9.17, 15) is 0 Å². The molecule has 1 aliphatic rings. The summed E-state index contributed by atoms with van der Waals surface area (Å²) in [5, 5.41) is 8.19. The van der Waals surface area contributed by atoms with E-state index in [4.69, 9.17) is 13.6 Å². The number of morpholine rings is 1. The molecule has 0 spiro atoms. The molecule has 0 bridgehead atoms. The second-order valence-corrected chi connectivity index (χ2v) is 4.72. The van der Waals surface area contributed by atoms with E-state index in [0.29, 0.717) is 18.3 Å². The minimum absolute atomic E-state index is 0.526. The van der Waals surface area contributed by atoms with Gasteiger partial charge in [0, 0.05) is 13.1 Å². The van der Waals surface area contributed by atoms with E-state index < -0.39 is 0 Å². The highest BCUT2D eigenvalue weighted by Crippen LogP contribution is 2.25. The summed E-state index contributed by atoms with van der Waals surface area (Å²) in [5.41, 5.74) is 0.873. The van der Waals surface area contributed by atoms with Crippen molar-refractivity contribution in [1.29, 1.82) is 0 Å². The SMILES string of the molecule is Cc1cc(-c2nnc(CN3CCOCC3)o2)c(C)o1. The fraction of sp³-hybridized carbons (Fsp3) is 0.538. The third kappa shape index (κ3) is 2.69. The Labute approximate surface area is 111 Å². The molecular formula is C13H17N3O3.